The maximum atomic E-state index is 12.6. The van der Waals surface area contributed by atoms with E-state index in [9.17, 15) is 18.0 Å². The Bertz CT molecular complexity index is 597. The summed E-state index contributed by atoms with van der Waals surface area (Å²) in [5, 5.41) is 8.08. The predicted molar refractivity (Wildman–Crippen MR) is 63.5 cm³/mol. The number of alkyl halides is 3. The van der Waals surface area contributed by atoms with Gasteiger partial charge in [0.2, 0.25) is 5.82 Å². The van der Waals surface area contributed by atoms with E-state index in [-0.39, 0.29) is 16.0 Å². The van der Waals surface area contributed by atoms with Crippen LogP contribution in [0.25, 0.3) is 0 Å². The molecule has 0 spiro atoms. The zero-order valence-electron chi connectivity index (χ0n) is 9.12. The van der Waals surface area contributed by atoms with Crippen LogP contribution >= 0.6 is 15.9 Å². The van der Waals surface area contributed by atoms with Crippen molar-refractivity contribution < 1.29 is 18.0 Å². The molecule has 0 aliphatic heterocycles. The lowest BCUT2D eigenvalue weighted by molar-refractivity contribution is -0.137. The fraction of sp³-hybridized carbons (Fsp3) is 0.100. The highest BCUT2D eigenvalue weighted by atomic mass is 79.9. The molecule has 5 nitrogen and oxygen atoms in total. The van der Waals surface area contributed by atoms with Crippen molar-refractivity contribution in [3.05, 3.63) is 40.4 Å². The summed E-state index contributed by atoms with van der Waals surface area (Å²) in [7, 11) is 0. The second kappa shape index (κ2) is 5.00. The first kappa shape index (κ1) is 13.5. The Balaban J connectivity index is 2.26. The van der Waals surface area contributed by atoms with Gasteiger partial charge in [-0.1, -0.05) is 15.9 Å². The van der Waals surface area contributed by atoms with Gasteiger partial charge in [-0.3, -0.25) is 9.89 Å². The highest BCUT2D eigenvalue weighted by molar-refractivity contribution is 9.10. The number of H-pyrrole nitrogens is 1. The molecule has 1 heterocycles. The van der Waals surface area contributed by atoms with Crippen LogP contribution in [0.4, 0.5) is 18.9 Å². The average molecular weight is 335 g/mol. The molecule has 2 N–H and O–H groups in total. The van der Waals surface area contributed by atoms with Gasteiger partial charge in [-0.2, -0.15) is 18.3 Å². The maximum Gasteiger partial charge on any atom is 0.416 e. The average Bonchev–Trinajstić information content (AvgIpc) is 2.80. The molecule has 0 bridgehead atoms. The normalized spacial score (nSPS) is 11.4. The van der Waals surface area contributed by atoms with Crippen molar-refractivity contribution in [2.24, 2.45) is 0 Å². The third-order valence-corrected chi connectivity index (χ3v) is 2.57. The topological polar surface area (TPSA) is 70.7 Å². The van der Waals surface area contributed by atoms with E-state index in [1.807, 2.05) is 0 Å². The van der Waals surface area contributed by atoms with E-state index in [0.717, 1.165) is 18.5 Å². The minimum absolute atomic E-state index is 0.00287. The second-order valence-corrected chi connectivity index (χ2v) is 4.43. The lowest BCUT2D eigenvalue weighted by Gasteiger charge is -2.10. The number of amides is 1. The van der Waals surface area contributed by atoms with Crippen LogP contribution in [0.2, 0.25) is 0 Å². The molecule has 0 fully saturated rings. The third-order valence-electron chi connectivity index (χ3n) is 2.11. The molecule has 19 heavy (non-hydrogen) atoms. The minimum atomic E-state index is -4.49. The number of hydrogen-bond donors (Lipinski definition) is 2. The summed E-state index contributed by atoms with van der Waals surface area (Å²) >= 11 is 2.96. The van der Waals surface area contributed by atoms with Gasteiger partial charge in [0.05, 0.1) is 5.56 Å². The smallest absolute Gasteiger partial charge is 0.319 e. The molecular formula is C10H6BrF3N4O. The summed E-state index contributed by atoms with van der Waals surface area (Å²) in [4.78, 5) is 15.2. The second-order valence-electron chi connectivity index (χ2n) is 3.51. The molecule has 2 aromatic rings. The molecule has 0 atom stereocenters. The molecule has 0 saturated carbocycles. The molecule has 9 heteroatoms. The Hall–Kier alpha value is -1.90. The molecule has 0 aliphatic carbocycles. The molecule has 0 unspecified atom stereocenters. The summed E-state index contributed by atoms with van der Waals surface area (Å²) in [6, 6.07) is 3.10. The summed E-state index contributed by atoms with van der Waals surface area (Å²) < 4.78 is 38.0. The van der Waals surface area contributed by atoms with Crippen molar-refractivity contribution in [3.63, 3.8) is 0 Å². The Morgan fingerprint density at radius 3 is 2.63 bits per heavy atom. The van der Waals surface area contributed by atoms with E-state index < -0.39 is 17.6 Å². The Morgan fingerprint density at radius 1 is 1.32 bits per heavy atom. The first-order valence-electron chi connectivity index (χ1n) is 4.91. The monoisotopic (exact) mass is 334 g/mol. The van der Waals surface area contributed by atoms with Gasteiger partial charge in [0.15, 0.2) is 0 Å². The van der Waals surface area contributed by atoms with E-state index in [2.05, 4.69) is 36.4 Å². The fourth-order valence-corrected chi connectivity index (χ4v) is 1.82. The first-order valence-corrected chi connectivity index (χ1v) is 5.70. The number of aromatic amines is 1. The number of carbonyl (C=O) groups excluding carboxylic acids is 1. The van der Waals surface area contributed by atoms with Crippen LogP contribution in [-0.4, -0.2) is 21.1 Å². The number of halogens is 4. The molecule has 0 aliphatic rings. The van der Waals surface area contributed by atoms with Gasteiger partial charge < -0.3 is 5.32 Å². The summed E-state index contributed by atoms with van der Waals surface area (Å²) in [5.41, 5.74) is -0.863. The standard InChI is InChI=1S/C10H6BrF3N4O/c11-6-1-5(10(12,13)14)2-7(3-6)17-9(19)8-15-4-16-18-8/h1-4H,(H,17,19)(H,15,16,18). The fourth-order valence-electron chi connectivity index (χ4n) is 1.33. The SMILES string of the molecule is O=C(Nc1cc(Br)cc(C(F)(F)F)c1)c1ncn[nH]1. The van der Waals surface area contributed by atoms with Crippen LogP contribution < -0.4 is 5.32 Å². The van der Waals surface area contributed by atoms with Crippen LogP contribution in [0.5, 0.6) is 0 Å². The van der Waals surface area contributed by atoms with Crippen LogP contribution in [-0.2, 0) is 6.18 Å². The van der Waals surface area contributed by atoms with E-state index in [0.29, 0.717) is 0 Å². The summed E-state index contributed by atoms with van der Waals surface area (Å²) in [5.74, 6) is -0.766. The van der Waals surface area contributed by atoms with Crippen molar-refractivity contribution in [2.75, 3.05) is 5.32 Å². The number of nitrogens with zero attached hydrogens (tertiary/aromatic N) is 2. The number of aromatic nitrogens is 3. The van der Waals surface area contributed by atoms with Crippen molar-refractivity contribution in [1.29, 1.82) is 0 Å². The zero-order valence-corrected chi connectivity index (χ0v) is 10.7. The van der Waals surface area contributed by atoms with Crippen molar-refractivity contribution in [2.45, 2.75) is 6.18 Å². The van der Waals surface area contributed by atoms with Gasteiger partial charge in [0.1, 0.15) is 6.33 Å². The van der Waals surface area contributed by atoms with Crippen molar-refractivity contribution in [1.82, 2.24) is 15.2 Å². The minimum Gasteiger partial charge on any atom is -0.319 e. The van der Waals surface area contributed by atoms with Gasteiger partial charge in [0.25, 0.3) is 5.91 Å². The van der Waals surface area contributed by atoms with Gasteiger partial charge in [-0.15, -0.1) is 0 Å². The highest BCUT2D eigenvalue weighted by Gasteiger charge is 2.31. The number of nitrogens with one attached hydrogen (secondary N) is 2. The van der Waals surface area contributed by atoms with Crippen LogP contribution in [0.1, 0.15) is 16.2 Å². The van der Waals surface area contributed by atoms with Crippen LogP contribution in [0.3, 0.4) is 0 Å². The highest BCUT2D eigenvalue weighted by Crippen LogP contribution is 2.33. The van der Waals surface area contributed by atoms with Gasteiger partial charge in [-0.05, 0) is 18.2 Å². The first-order chi connectivity index (χ1) is 8.86. The van der Waals surface area contributed by atoms with Crippen LogP contribution in [0.15, 0.2) is 29.0 Å². The molecule has 1 aromatic carbocycles. The lowest BCUT2D eigenvalue weighted by Crippen LogP contribution is -2.14. The Kier molecular flexibility index (Phi) is 3.56. The third kappa shape index (κ3) is 3.31. The Morgan fingerprint density at radius 2 is 2.05 bits per heavy atom. The van der Waals surface area contributed by atoms with E-state index in [1.54, 1.807) is 0 Å². The summed E-state index contributed by atoms with van der Waals surface area (Å²) in [6.07, 6.45) is -3.37. The number of benzene rings is 1. The molecule has 0 saturated heterocycles. The summed E-state index contributed by atoms with van der Waals surface area (Å²) in [6.45, 7) is 0. The van der Waals surface area contributed by atoms with E-state index in [4.69, 9.17) is 0 Å². The molecule has 1 amide bonds. The van der Waals surface area contributed by atoms with Crippen molar-refractivity contribution >= 4 is 27.5 Å². The Labute approximate surface area is 113 Å². The van der Waals surface area contributed by atoms with Crippen LogP contribution in [0, 0.1) is 0 Å². The largest absolute Gasteiger partial charge is 0.416 e. The molecule has 2 rings (SSSR count). The molecule has 1 aromatic heterocycles. The van der Waals surface area contributed by atoms with E-state index in [1.165, 1.54) is 6.07 Å². The van der Waals surface area contributed by atoms with Gasteiger partial charge in [-0.25, -0.2) is 4.98 Å². The lowest BCUT2D eigenvalue weighted by atomic mass is 10.2. The number of anilines is 1. The number of hydrogen-bond acceptors (Lipinski definition) is 3. The quantitative estimate of drug-likeness (QED) is 0.887. The van der Waals surface area contributed by atoms with Gasteiger partial charge in [0, 0.05) is 10.2 Å². The molecule has 0 radical (unpaired) electrons. The molecular weight excluding hydrogens is 329 g/mol. The van der Waals surface area contributed by atoms with E-state index >= 15 is 0 Å². The predicted octanol–water partition coefficient (Wildman–Crippen LogP) is 2.84. The molecule has 100 valence electrons. The zero-order chi connectivity index (χ0) is 14.0. The number of carbonyl (C=O) groups is 1. The number of rotatable bonds is 2. The maximum absolute atomic E-state index is 12.6. The van der Waals surface area contributed by atoms with Gasteiger partial charge >= 0.3 is 6.18 Å². The van der Waals surface area contributed by atoms with Crippen molar-refractivity contribution in [3.8, 4) is 0 Å².